The van der Waals surface area contributed by atoms with Gasteiger partial charge in [0.1, 0.15) is 4.90 Å². The third-order valence-corrected chi connectivity index (χ3v) is 4.47. The molecule has 0 bridgehead atoms. The molecule has 0 fully saturated rings. The van der Waals surface area contributed by atoms with E-state index >= 15 is 0 Å². The molecule has 0 aliphatic heterocycles. The molecule has 0 heterocycles. The Hall–Kier alpha value is -2.61. The second-order valence-electron chi connectivity index (χ2n) is 5.28. The van der Waals surface area contributed by atoms with Crippen molar-refractivity contribution >= 4 is 26.9 Å². The van der Waals surface area contributed by atoms with Crippen molar-refractivity contribution in [3.8, 4) is 0 Å². The average molecular weight is 349 g/mol. The lowest BCUT2D eigenvalue weighted by Crippen LogP contribution is -2.10. The quantitative estimate of drug-likeness (QED) is 0.432. The fourth-order valence-electron chi connectivity index (χ4n) is 2.18. The summed E-state index contributed by atoms with van der Waals surface area (Å²) in [5.41, 5.74) is 1.17. The highest BCUT2D eigenvalue weighted by atomic mass is 32.2. The number of nitrogens with zero attached hydrogens (tertiary/aromatic N) is 1. The summed E-state index contributed by atoms with van der Waals surface area (Å²) in [6.07, 6.45) is 1.77. The number of nitro groups is 1. The number of para-hydroxylation sites is 1. The lowest BCUT2D eigenvalue weighted by molar-refractivity contribution is -0.387. The van der Waals surface area contributed by atoms with Gasteiger partial charge >= 0.3 is 0 Å². The number of hydrogen-bond acceptors (Lipinski definition) is 6. The zero-order chi connectivity index (χ0) is 17.6. The molecular formula is C16H19N3O4S. The fraction of sp³-hybridized carbons (Fsp3) is 0.250. The average Bonchev–Trinajstić information content (AvgIpc) is 2.54. The van der Waals surface area contributed by atoms with Crippen LogP contribution in [-0.4, -0.2) is 32.7 Å². The third kappa shape index (κ3) is 4.95. The van der Waals surface area contributed by atoms with E-state index in [-0.39, 0.29) is 4.90 Å². The van der Waals surface area contributed by atoms with Gasteiger partial charge in [-0.2, -0.15) is 0 Å². The number of anilines is 2. The van der Waals surface area contributed by atoms with Gasteiger partial charge in [0, 0.05) is 36.8 Å². The first-order valence-electron chi connectivity index (χ1n) is 7.39. The van der Waals surface area contributed by atoms with Crippen molar-refractivity contribution < 1.29 is 13.3 Å². The van der Waals surface area contributed by atoms with Gasteiger partial charge in [-0.25, -0.2) is 8.42 Å². The van der Waals surface area contributed by atoms with Crippen LogP contribution in [-0.2, 0) is 9.84 Å². The van der Waals surface area contributed by atoms with Gasteiger partial charge < -0.3 is 10.6 Å². The summed E-state index contributed by atoms with van der Waals surface area (Å²) in [4.78, 5) is 9.96. The van der Waals surface area contributed by atoms with Gasteiger partial charge in [0.05, 0.1) is 4.92 Å². The van der Waals surface area contributed by atoms with E-state index < -0.39 is 20.4 Å². The van der Waals surface area contributed by atoms with Crippen molar-refractivity contribution in [2.45, 2.75) is 11.3 Å². The highest BCUT2D eigenvalue weighted by Crippen LogP contribution is 2.26. The van der Waals surface area contributed by atoms with Crippen LogP contribution in [0.1, 0.15) is 6.42 Å². The molecule has 2 rings (SSSR count). The molecular weight excluding hydrogens is 330 g/mol. The van der Waals surface area contributed by atoms with E-state index in [1.807, 2.05) is 30.3 Å². The molecule has 0 unspecified atom stereocenters. The van der Waals surface area contributed by atoms with Gasteiger partial charge in [0.2, 0.25) is 0 Å². The van der Waals surface area contributed by atoms with Crippen LogP contribution in [0.15, 0.2) is 53.4 Å². The van der Waals surface area contributed by atoms with Crippen molar-refractivity contribution in [2.24, 2.45) is 0 Å². The minimum atomic E-state index is -3.67. The highest BCUT2D eigenvalue weighted by molar-refractivity contribution is 7.90. The normalized spacial score (nSPS) is 11.0. The molecule has 0 atom stereocenters. The molecule has 24 heavy (non-hydrogen) atoms. The zero-order valence-electron chi connectivity index (χ0n) is 13.2. The SMILES string of the molecule is CS(=O)(=O)c1cc(NCCCNc2ccccc2)ccc1[N+](=O)[O-]. The Labute approximate surface area is 140 Å². The molecule has 7 nitrogen and oxygen atoms in total. The Kier molecular flexibility index (Phi) is 5.75. The standard InChI is InChI=1S/C16H19N3O4S/c1-24(22,23)16-12-14(8-9-15(16)19(20)21)18-11-5-10-17-13-6-3-2-4-7-13/h2-4,6-9,12,17-18H,5,10-11H2,1H3. The van der Waals surface area contributed by atoms with Crippen molar-refractivity contribution in [3.05, 3.63) is 58.6 Å². The number of hydrogen-bond donors (Lipinski definition) is 2. The predicted octanol–water partition coefficient (Wildman–Crippen LogP) is 2.91. The number of nitrogens with one attached hydrogen (secondary N) is 2. The minimum Gasteiger partial charge on any atom is -0.385 e. The van der Waals surface area contributed by atoms with Gasteiger partial charge in [-0.3, -0.25) is 10.1 Å². The maximum absolute atomic E-state index is 11.7. The van der Waals surface area contributed by atoms with Gasteiger partial charge in [0.25, 0.3) is 5.69 Å². The Morgan fingerprint density at radius 3 is 2.21 bits per heavy atom. The highest BCUT2D eigenvalue weighted by Gasteiger charge is 2.22. The molecule has 2 N–H and O–H groups in total. The fourth-order valence-corrected chi connectivity index (χ4v) is 3.05. The maximum Gasteiger partial charge on any atom is 0.288 e. The van der Waals surface area contributed by atoms with Crippen LogP contribution < -0.4 is 10.6 Å². The molecule has 0 radical (unpaired) electrons. The molecule has 0 saturated carbocycles. The maximum atomic E-state index is 11.7. The molecule has 0 aliphatic carbocycles. The lowest BCUT2D eigenvalue weighted by atomic mass is 10.2. The molecule has 0 aliphatic rings. The first kappa shape index (κ1) is 17.7. The molecule has 2 aromatic carbocycles. The van der Waals surface area contributed by atoms with Crippen molar-refractivity contribution in [1.29, 1.82) is 0 Å². The van der Waals surface area contributed by atoms with Crippen LogP contribution in [0.2, 0.25) is 0 Å². The summed E-state index contributed by atoms with van der Waals surface area (Å²) in [6.45, 7) is 1.36. The van der Waals surface area contributed by atoms with Gasteiger partial charge in [0.15, 0.2) is 9.84 Å². The van der Waals surface area contributed by atoms with E-state index in [1.165, 1.54) is 18.2 Å². The van der Waals surface area contributed by atoms with E-state index in [0.29, 0.717) is 12.2 Å². The van der Waals surface area contributed by atoms with Crippen LogP contribution >= 0.6 is 0 Å². The van der Waals surface area contributed by atoms with Gasteiger partial charge in [-0.05, 0) is 30.7 Å². The van der Waals surface area contributed by atoms with E-state index in [9.17, 15) is 18.5 Å². The lowest BCUT2D eigenvalue weighted by Gasteiger charge is -2.09. The summed E-state index contributed by atoms with van der Waals surface area (Å²) in [5.74, 6) is 0. The Morgan fingerprint density at radius 2 is 1.62 bits per heavy atom. The number of benzene rings is 2. The Morgan fingerprint density at radius 1 is 1.00 bits per heavy atom. The summed E-state index contributed by atoms with van der Waals surface area (Å²) in [7, 11) is -3.67. The second-order valence-corrected chi connectivity index (χ2v) is 7.27. The van der Waals surface area contributed by atoms with Crippen molar-refractivity contribution in [1.82, 2.24) is 0 Å². The largest absolute Gasteiger partial charge is 0.385 e. The van der Waals surface area contributed by atoms with Crippen molar-refractivity contribution in [3.63, 3.8) is 0 Å². The summed E-state index contributed by atoms with van der Waals surface area (Å²) >= 11 is 0. The molecule has 0 saturated heterocycles. The second kappa shape index (κ2) is 7.78. The number of nitro benzene ring substituents is 1. The molecule has 0 amide bonds. The van der Waals surface area contributed by atoms with Gasteiger partial charge in [-0.1, -0.05) is 18.2 Å². The Balaban J connectivity index is 1.92. The Bertz CT molecular complexity index is 807. The first-order valence-corrected chi connectivity index (χ1v) is 9.28. The monoisotopic (exact) mass is 349 g/mol. The molecule has 2 aromatic rings. The van der Waals surface area contributed by atoms with Crippen LogP contribution in [0.5, 0.6) is 0 Å². The topological polar surface area (TPSA) is 101 Å². The molecule has 0 spiro atoms. The first-order chi connectivity index (χ1) is 11.4. The predicted molar refractivity (Wildman–Crippen MR) is 94.2 cm³/mol. The van der Waals surface area contributed by atoms with Crippen LogP contribution in [0.25, 0.3) is 0 Å². The van der Waals surface area contributed by atoms with Crippen LogP contribution in [0.4, 0.5) is 17.1 Å². The van der Waals surface area contributed by atoms with E-state index in [4.69, 9.17) is 0 Å². The third-order valence-electron chi connectivity index (χ3n) is 3.34. The van der Waals surface area contributed by atoms with E-state index in [1.54, 1.807) is 0 Å². The number of rotatable bonds is 8. The summed E-state index contributed by atoms with van der Waals surface area (Å²) in [5, 5.41) is 17.3. The molecule has 128 valence electrons. The molecule has 0 aromatic heterocycles. The van der Waals surface area contributed by atoms with Crippen LogP contribution in [0.3, 0.4) is 0 Å². The van der Waals surface area contributed by atoms with E-state index in [2.05, 4.69) is 10.6 Å². The summed E-state index contributed by atoms with van der Waals surface area (Å²) in [6, 6.07) is 13.8. The zero-order valence-corrected chi connectivity index (χ0v) is 14.0. The summed E-state index contributed by atoms with van der Waals surface area (Å²) < 4.78 is 23.4. The van der Waals surface area contributed by atoms with Gasteiger partial charge in [-0.15, -0.1) is 0 Å². The van der Waals surface area contributed by atoms with E-state index in [0.717, 1.165) is 24.9 Å². The van der Waals surface area contributed by atoms with Crippen molar-refractivity contribution in [2.75, 3.05) is 30.0 Å². The molecule has 8 heteroatoms. The smallest absolute Gasteiger partial charge is 0.288 e. The van der Waals surface area contributed by atoms with Crippen LogP contribution in [0, 0.1) is 10.1 Å². The minimum absolute atomic E-state index is 0.278. The number of sulfone groups is 1.